The van der Waals surface area contributed by atoms with Gasteiger partial charge in [-0.05, 0) is 50.9 Å². The van der Waals surface area contributed by atoms with Crippen LogP contribution in [0.25, 0.3) is 0 Å². The summed E-state index contributed by atoms with van der Waals surface area (Å²) >= 11 is 0. The van der Waals surface area contributed by atoms with E-state index in [2.05, 4.69) is 47.9 Å². The molecule has 0 amide bonds. The van der Waals surface area contributed by atoms with Gasteiger partial charge in [0.05, 0.1) is 5.92 Å². The van der Waals surface area contributed by atoms with Crippen LogP contribution in [-0.2, 0) is 11.3 Å². The standard InChI is InChI=1S/C17H26N2O2/c1-3-19(4-2)16-9-7-14(8-10-16)12-18-11-5-6-15(13-18)17(20)21/h7-10,15H,3-6,11-13H2,1-2H3,(H,20,21). The van der Waals surface area contributed by atoms with E-state index in [-0.39, 0.29) is 5.92 Å². The van der Waals surface area contributed by atoms with Crippen molar-refractivity contribution < 1.29 is 9.90 Å². The maximum atomic E-state index is 11.1. The van der Waals surface area contributed by atoms with E-state index in [1.54, 1.807) is 0 Å². The SMILES string of the molecule is CCN(CC)c1ccc(CN2CCCC(C(=O)O)C2)cc1. The Morgan fingerprint density at radius 3 is 2.52 bits per heavy atom. The number of carboxylic acid groups (broad SMARTS) is 1. The van der Waals surface area contributed by atoms with E-state index in [9.17, 15) is 4.79 Å². The van der Waals surface area contributed by atoms with E-state index in [1.165, 1.54) is 11.3 Å². The van der Waals surface area contributed by atoms with Gasteiger partial charge in [0.2, 0.25) is 0 Å². The molecular weight excluding hydrogens is 264 g/mol. The van der Waals surface area contributed by atoms with Gasteiger partial charge in [0.1, 0.15) is 0 Å². The van der Waals surface area contributed by atoms with Crippen LogP contribution in [0.2, 0.25) is 0 Å². The molecule has 4 heteroatoms. The first-order valence-corrected chi connectivity index (χ1v) is 7.93. The molecule has 0 aromatic heterocycles. The summed E-state index contributed by atoms with van der Waals surface area (Å²) in [6.07, 6.45) is 1.79. The maximum absolute atomic E-state index is 11.1. The molecule has 1 saturated heterocycles. The van der Waals surface area contributed by atoms with Crippen LogP contribution >= 0.6 is 0 Å². The predicted molar refractivity (Wildman–Crippen MR) is 85.6 cm³/mol. The van der Waals surface area contributed by atoms with Gasteiger partial charge in [0.15, 0.2) is 0 Å². The van der Waals surface area contributed by atoms with E-state index in [0.717, 1.165) is 39.0 Å². The monoisotopic (exact) mass is 290 g/mol. The molecule has 0 aliphatic carbocycles. The van der Waals surface area contributed by atoms with Gasteiger partial charge in [0, 0.05) is 31.9 Å². The zero-order valence-corrected chi connectivity index (χ0v) is 13.1. The Kier molecular flexibility index (Phi) is 5.62. The number of hydrogen-bond donors (Lipinski definition) is 1. The minimum absolute atomic E-state index is 0.200. The summed E-state index contributed by atoms with van der Waals surface area (Å²) in [7, 11) is 0. The van der Waals surface area contributed by atoms with Crippen LogP contribution < -0.4 is 4.90 Å². The molecular formula is C17H26N2O2. The Balaban J connectivity index is 1.95. The highest BCUT2D eigenvalue weighted by molar-refractivity contribution is 5.70. The van der Waals surface area contributed by atoms with Crippen molar-refractivity contribution in [3.05, 3.63) is 29.8 Å². The Morgan fingerprint density at radius 1 is 1.29 bits per heavy atom. The van der Waals surface area contributed by atoms with Crippen LogP contribution in [0.4, 0.5) is 5.69 Å². The lowest BCUT2D eigenvalue weighted by Gasteiger charge is -2.30. The molecule has 1 atom stereocenters. The highest BCUT2D eigenvalue weighted by Crippen LogP contribution is 2.20. The number of carbonyl (C=O) groups is 1. The van der Waals surface area contributed by atoms with Crippen LogP contribution in [0.5, 0.6) is 0 Å². The molecule has 1 unspecified atom stereocenters. The second-order valence-electron chi connectivity index (χ2n) is 5.75. The first kappa shape index (κ1) is 15.8. The molecule has 21 heavy (non-hydrogen) atoms. The Labute approximate surface area is 127 Å². The third-order valence-electron chi connectivity index (χ3n) is 4.33. The number of nitrogens with zero attached hydrogens (tertiary/aromatic N) is 2. The molecule has 0 spiro atoms. The lowest BCUT2D eigenvalue weighted by molar-refractivity contribution is -0.143. The summed E-state index contributed by atoms with van der Waals surface area (Å²) in [6.45, 7) is 8.88. The van der Waals surface area contributed by atoms with Gasteiger partial charge in [-0.25, -0.2) is 0 Å². The molecule has 0 radical (unpaired) electrons. The van der Waals surface area contributed by atoms with Crippen molar-refractivity contribution >= 4 is 11.7 Å². The molecule has 2 rings (SSSR count). The average molecular weight is 290 g/mol. The molecule has 1 aromatic rings. The van der Waals surface area contributed by atoms with E-state index in [1.807, 2.05) is 0 Å². The normalized spacial score (nSPS) is 19.4. The molecule has 116 valence electrons. The van der Waals surface area contributed by atoms with E-state index in [4.69, 9.17) is 5.11 Å². The number of likely N-dealkylation sites (tertiary alicyclic amines) is 1. The topological polar surface area (TPSA) is 43.8 Å². The predicted octanol–water partition coefficient (Wildman–Crippen LogP) is 2.83. The highest BCUT2D eigenvalue weighted by Gasteiger charge is 2.25. The lowest BCUT2D eigenvalue weighted by atomic mass is 9.98. The third kappa shape index (κ3) is 4.21. The van der Waals surface area contributed by atoms with Crippen molar-refractivity contribution in [1.29, 1.82) is 0 Å². The van der Waals surface area contributed by atoms with Crippen molar-refractivity contribution in [3.63, 3.8) is 0 Å². The summed E-state index contributed by atoms with van der Waals surface area (Å²) < 4.78 is 0. The quantitative estimate of drug-likeness (QED) is 0.875. The van der Waals surface area contributed by atoms with Gasteiger partial charge < -0.3 is 10.0 Å². The van der Waals surface area contributed by atoms with Crippen LogP contribution in [0, 0.1) is 5.92 Å². The lowest BCUT2D eigenvalue weighted by Crippen LogP contribution is -2.38. The maximum Gasteiger partial charge on any atom is 0.307 e. The molecule has 1 N–H and O–H groups in total. The summed E-state index contributed by atoms with van der Waals surface area (Å²) in [4.78, 5) is 15.7. The number of hydrogen-bond acceptors (Lipinski definition) is 3. The first-order valence-electron chi connectivity index (χ1n) is 7.93. The molecule has 1 fully saturated rings. The summed E-state index contributed by atoms with van der Waals surface area (Å²) in [5, 5.41) is 9.14. The molecule has 1 aliphatic rings. The summed E-state index contributed by atoms with van der Waals surface area (Å²) in [5.41, 5.74) is 2.52. The molecule has 1 aromatic carbocycles. The summed E-state index contributed by atoms with van der Waals surface area (Å²) in [5.74, 6) is -0.856. The minimum atomic E-state index is -0.656. The molecule has 4 nitrogen and oxygen atoms in total. The van der Waals surface area contributed by atoms with Crippen LogP contribution in [0.1, 0.15) is 32.3 Å². The first-order chi connectivity index (χ1) is 10.1. The van der Waals surface area contributed by atoms with Gasteiger partial charge in [-0.2, -0.15) is 0 Å². The average Bonchev–Trinajstić information content (AvgIpc) is 2.50. The number of carboxylic acids is 1. The molecule has 0 saturated carbocycles. The summed E-state index contributed by atoms with van der Waals surface area (Å²) in [6, 6.07) is 8.66. The Morgan fingerprint density at radius 2 is 1.95 bits per heavy atom. The number of rotatable bonds is 6. The largest absolute Gasteiger partial charge is 0.481 e. The van der Waals surface area contributed by atoms with Crippen molar-refractivity contribution in [2.45, 2.75) is 33.2 Å². The van der Waals surface area contributed by atoms with Crippen molar-refractivity contribution in [2.75, 3.05) is 31.1 Å². The van der Waals surface area contributed by atoms with E-state index in [0.29, 0.717) is 6.54 Å². The van der Waals surface area contributed by atoms with E-state index < -0.39 is 5.97 Å². The highest BCUT2D eigenvalue weighted by atomic mass is 16.4. The van der Waals surface area contributed by atoms with Gasteiger partial charge >= 0.3 is 5.97 Å². The second kappa shape index (κ2) is 7.46. The number of aliphatic carboxylic acids is 1. The fraction of sp³-hybridized carbons (Fsp3) is 0.588. The van der Waals surface area contributed by atoms with Crippen LogP contribution in [0.3, 0.4) is 0 Å². The number of anilines is 1. The van der Waals surface area contributed by atoms with Gasteiger partial charge in [-0.1, -0.05) is 12.1 Å². The molecule has 1 aliphatic heterocycles. The van der Waals surface area contributed by atoms with Crippen LogP contribution in [-0.4, -0.2) is 42.2 Å². The van der Waals surface area contributed by atoms with Gasteiger partial charge in [-0.15, -0.1) is 0 Å². The van der Waals surface area contributed by atoms with Crippen molar-refractivity contribution in [3.8, 4) is 0 Å². The fourth-order valence-corrected chi connectivity index (χ4v) is 3.06. The number of benzene rings is 1. The zero-order valence-electron chi connectivity index (χ0n) is 13.1. The Hall–Kier alpha value is -1.55. The molecule has 1 heterocycles. The zero-order chi connectivity index (χ0) is 15.2. The van der Waals surface area contributed by atoms with Gasteiger partial charge in [-0.3, -0.25) is 9.69 Å². The minimum Gasteiger partial charge on any atom is -0.481 e. The van der Waals surface area contributed by atoms with Crippen LogP contribution in [0.15, 0.2) is 24.3 Å². The smallest absolute Gasteiger partial charge is 0.307 e. The van der Waals surface area contributed by atoms with E-state index >= 15 is 0 Å². The Bertz CT molecular complexity index is 454. The molecule has 0 bridgehead atoms. The van der Waals surface area contributed by atoms with Crippen molar-refractivity contribution in [2.24, 2.45) is 5.92 Å². The van der Waals surface area contributed by atoms with Crippen molar-refractivity contribution in [1.82, 2.24) is 4.90 Å². The fourth-order valence-electron chi connectivity index (χ4n) is 3.06. The third-order valence-corrected chi connectivity index (χ3v) is 4.33. The number of piperidine rings is 1. The van der Waals surface area contributed by atoms with Gasteiger partial charge in [0.25, 0.3) is 0 Å². The second-order valence-corrected chi connectivity index (χ2v) is 5.75.